The van der Waals surface area contributed by atoms with Crippen LogP contribution < -0.4 is 21.2 Å². The molecule has 0 radical (unpaired) electrons. The molecule has 42 heavy (non-hydrogen) atoms. The molecule has 228 valence electrons. The van der Waals surface area contributed by atoms with E-state index in [0.717, 1.165) is 0 Å². The average Bonchev–Trinajstić information content (AvgIpc) is 3.24. The zero-order valence-electron chi connectivity index (χ0n) is 59.0. The number of fused-ring (bicyclic) bond motifs is 3. The minimum atomic E-state index is -5.43. The molecular weight excluding hydrogens is 546 g/mol. The van der Waals surface area contributed by atoms with Gasteiger partial charge in [-0.3, -0.25) is 24.1 Å². The maximum absolute atomic E-state index is 15.7. The third-order valence-electron chi connectivity index (χ3n) is 5.69. The number of allylic oxidation sites excluding steroid dienone is 1. The van der Waals surface area contributed by atoms with Gasteiger partial charge in [0.05, 0.1) is 29.2 Å². The molecule has 0 heterocycles. The van der Waals surface area contributed by atoms with Gasteiger partial charge in [-0.05, 0) is 64.8 Å². The first-order chi connectivity index (χ1) is 35.7. The summed E-state index contributed by atoms with van der Waals surface area (Å²) < 4.78 is 328. The van der Waals surface area contributed by atoms with Crippen LogP contribution in [0.3, 0.4) is 0 Å². The van der Waals surface area contributed by atoms with Gasteiger partial charge in [0.1, 0.15) is 18.5 Å². The largest absolute Gasteiger partial charge is 0.510 e. The second-order valence-corrected chi connectivity index (χ2v) is 8.32. The van der Waals surface area contributed by atoms with Crippen molar-refractivity contribution in [1.29, 1.82) is 5.72 Å². The van der Waals surface area contributed by atoms with Crippen LogP contribution in [-0.4, -0.2) is 103 Å². The van der Waals surface area contributed by atoms with E-state index in [-0.39, 0.29) is 0 Å². The minimum absolute atomic E-state index is 1.08. The second kappa shape index (κ2) is 10.4. The number of rotatable bonds is 10. The van der Waals surface area contributed by atoms with Crippen molar-refractivity contribution in [3.63, 3.8) is 0 Å². The SMILES string of the molecule is [2H]OC1=C2C(=O)c3c(O[2H])c(N([2H])C(=O)C([2H])([2H])N([2H])C(C([2H])([2H])[2H])(C([2H])([2H])[2H])C([2H])([2H])[2H])c([2H])c(N(C([2H])([2H])[2H])C([2H])([2H])[2H])c3C([2H])([2H])[C@@]2([2H])C([2H])([2H])[C@]2([2H])[C@@]1(O[2H])C(=O)C(C(=O)N([2H])[2H])=C(O[2H])[C@@]2([2H])N(C([2H])([2H])[2H])C([2H])([2H])[2H]. The molecule has 8 N–H and O–H groups in total. The van der Waals surface area contributed by atoms with Crippen molar-refractivity contribution < 1.29 is 87.8 Å². The molecule has 4 rings (SSSR count). The molecule has 3 aliphatic carbocycles. The molecule has 13 nitrogen and oxygen atoms in total. The summed E-state index contributed by atoms with van der Waals surface area (Å²) in [5, 5.41) is 14.7. The lowest BCUT2D eigenvalue weighted by molar-refractivity contribution is -0.148. The Labute approximate surface area is 299 Å². The Kier molecular flexibility index (Phi) is 2.02. The number of benzene rings is 1. The van der Waals surface area contributed by atoms with Gasteiger partial charge in [0.15, 0.2) is 21.4 Å². The Bertz CT molecular complexity index is 2780. The van der Waals surface area contributed by atoms with Gasteiger partial charge in [-0.15, -0.1) is 0 Å². The number of aromatic hydroxyl groups is 1. The summed E-state index contributed by atoms with van der Waals surface area (Å²) in [4.78, 5) is 56.4. The molecule has 0 saturated heterocycles. The summed E-state index contributed by atoms with van der Waals surface area (Å²) in [6.45, 7) is -37.2. The molecule has 0 spiro atoms. The lowest BCUT2D eigenvalue weighted by atomic mass is 9.58. The number of phenols is 1. The quantitative estimate of drug-likeness (QED) is 0.141. The van der Waals surface area contributed by atoms with Gasteiger partial charge in [-0.25, -0.2) is 0 Å². The Morgan fingerprint density at radius 1 is 1.33 bits per heavy atom. The number of hydrogen-bond donors (Lipinski definition) is 7. The zero-order chi connectivity index (χ0) is 64.3. The summed E-state index contributed by atoms with van der Waals surface area (Å²) in [5.74, 6) is -29.4. The van der Waals surface area contributed by atoms with E-state index in [1.165, 1.54) is 0 Å². The van der Waals surface area contributed by atoms with Gasteiger partial charge < -0.3 is 41.7 Å². The molecule has 1 aromatic rings. The maximum atomic E-state index is 15.7. The van der Waals surface area contributed by atoms with E-state index < -0.39 is 203 Å². The van der Waals surface area contributed by atoms with Gasteiger partial charge in [-0.2, -0.15) is 0 Å². The number of nitrogens with two attached hydrogens (primary N) is 1. The van der Waals surface area contributed by atoms with E-state index in [2.05, 4.69) is 20.4 Å². The van der Waals surface area contributed by atoms with E-state index in [1.807, 2.05) is 0 Å². The molecule has 0 saturated carbocycles. The fourth-order valence-electron chi connectivity index (χ4n) is 4.03. The average molecular weight is 625 g/mol. The lowest BCUT2D eigenvalue weighted by Crippen LogP contribution is -2.63. The van der Waals surface area contributed by atoms with Gasteiger partial charge in [-0.1, -0.05) is 0 Å². The number of hydrogen-bond acceptors (Lipinski definition) is 11. The van der Waals surface area contributed by atoms with Crippen molar-refractivity contribution >= 4 is 34.8 Å². The summed E-state index contributed by atoms with van der Waals surface area (Å²) in [5.41, 5.74) is -25.5. The van der Waals surface area contributed by atoms with Crippen molar-refractivity contribution in [2.45, 2.75) is 50.5 Å². The minimum Gasteiger partial charge on any atom is -0.510 e. The Morgan fingerprint density at radius 2 is 2.14 bits per heavy atom. The Balaban J connectivity index is 2.56. The molecule has 2 amide bonds. The number of aliphatic hydroxyl groups excluding tert-OH is 2. The smallest absolute Gasteiger partial charge is 0.293 e. The molecule has 0 aliphatic heterocycles. The summed E-state index contributed by atoms with van der Waals surface area (Å²) >= 11 is 0. The normalized spacial score (nSPS) is 49.0. The predicted octanol–water partition coefficient (Wildman–Crippen LogP) is 0.513. The molecular formula is C29H39N5O8. The number of primary amides is 1. The van der Waals surface area contributed by atoms with Crippen LogP contribution in [-0.2, 0) is 20.8 Å². The topological polar surface area (TPSA) is 206 Å². The Morgan fingerprint density at radius 3 is 2.76 bits per heavy atom. The van der Waals surface area contributed by atoms with Crippen LogP contribution in [0.1, 0.15) is 85.3 Å². The van der Waals surface area contributed by atoms with Crippen LogP contribution in [0.2, 0.25) is 5.65 Å². The van der Waals surface area contributed by atoms with Gasteiger partial charge in [0.25, 0.3) is 10.2 Å². The molecule has 3 aliphatic rings. The number of carbonyl (C=O) groups is 4. The molecule has 0 fully saturated rings. The number of Topliss-reactive ketones (excluding diaryl/α,β-unsaturated/α-hetero) is 2. The second-order valence-electron chi connectivity index (χ2n) is 8.32. The third-order valence-corrected chi connectivity index (χ3v) is 5.69. The summed E-state index contributed by atoms with van der Waals surface area (Å²) in [7, 11) is 0. The van der Waals surface area contributed by atoms with Crippen LogP contribution in [0.15, 0.2) is 28.7 Å². The monoisotopic (exact) mass is 625 g/mol. The van der Waals surface area contributed by atoms with E-state index in [4.69, 9.17) is 42.9 Å². The number of anilines is 2. The highest BCUT2D eigenvalue weighted by molar-refractivity contribution is 6.25. The first kappa shape index (κ1) is 8.16. The molecule has 4 atom stereocenters. The summed E-state index contributed by atoms with van der Waals surface area (Å²) in [6, 6.07) is -7.62. The van der Waals surface area contributed by atoms with Crippen molar-refractivity contribution in [2.24, 2.45) is 17.5 Å². The first-order valence-corrected chi connectivity index (χ1v) is 10.6. The fourth-order valence-corrected chi connectivity index (χ4v) is 4.03. The molecule has 0 bridgehead atoms. The number of nitrogens with one attached hydrogen (secondary N) is 2. The molecule has 0 unspecified atom stereocenters. The van der Waals surface area contributed by atoms with Gasteiger partial charge >= 0.3 is 0 Å². The number of ketones is 2. The van der Waals surface area contributed by atoms with Crippen LogP contribution in [0.5, 0.6) is 5.75 Å². The number of amides is 2. The van der Waals surface area contributed by atoms with Crippen LogP contribution in [0.4, 0.5) is 11.4 Å². The third kappa shape index (κ3) is 4.80. The number of likely N-dealkylation sites (N-methyl/N-ethyl adjacent to an activating group) is 1. The van der Waals surface area contributed by atoms with Crippen LogP contribution in [0, 0.1) is 11.8 Å². The highest BCUT2D eigenvalue weighted by Crippen LogP contribution is 2.53. The zero-order valence-corrected chi connectivity index (χ0v) is 20.0. The molecule has 13 heteroatoms. The van der Waals surface area contributed by atoms with Gasteiger partial charge in [0.2, 0.25) is 13.1 Å². The number of phenolic OH excluding ortho intramolecular Hbond substituents is 1. The van der Waals surface area contributed by atoms with Crippen LogP contribution >= 0.6 is 0 Å². The maximum Gasteiger partial charge on any atom is 0.293 e. The van der Waals surface area contributed by atoms with Crippen molar-refractivity contribution in [3.05, 3.63) is 39.8 Å². The van der Waals surface area contributed by atoms with E-state index in [0.29, 0.717) is 0 Å². The predicted molar refractivity (Wildman–Crippen MR) is 154 cm³/mol. The van der Waals surface area contributed by atoms with Crippen molar-refractivity contribution in [3.8, 4) is 5.75 Å². The lowest BCUT2D eigenvalue weighted by Gasteiger charge is -2.50. The highest BCUT2D eigenvalue weighted by atomic mass is 16.3. The van der Waals surface area contributed by atoms with E-state index >= 15 is 9.59 Å². The Hall–Kier alpha value is -3.94. The van der Waals surface area contributed by atoms with Crippen molar-refractivity contribution in [2.75, 3.05) is 44.6 Å². The van der Waals surface area contributed by atoms with E-state index in [9.17, 15) is 20.6 Å². The van der Waals surface area contributed by atoms with Crippen molar-refractivity contribution in [1.82, 2.24) is 10.2 Å². The van der Waals surface area contributed by atoms with E-state index in [1.54, 1.807) is 0 Å². The number of nitrogens with zero attached hydrogens (tertiary/aromatic N) is 2. The number of carbonyl (C=O) groups excluding carboxylic acids is 4. The van der Waals surface area contributed by atoms with Gasteiger partial charge in [0, 0.05) is 73.7 Å². The standard InChI is InChI=1S/C29H39N5O8/c1-28(2,3)31-11-17(35)32-15-10-16(33(4)5)13-8-12-9-14-21(34(6)7)24(38)20(27(30)41)26(40)29(14,42)25(39)18(12)23(37)19(13)22(15)36/h10,12,14,21,31,36,38-39,42H,8-9,11H2,1-7H3,(H2,30,41)(H,32,35)/t12-,14-,21-,29-/m0/s1/i1D3,2D3,3D3,4D3,5D3,6D3,7D3,8D2,9D2,10D,11D2,12D,14D,21D,42D/hD7. The van der Waals surface area contributed by atoms with Crippen LogP contribution in [0.25, 0.3) is 2.86 Å². The number of aliphatic hydroxyl groups is 3. The fraction of sp³-hybridized carbons (Fsp3) is 0.517. The highest BCUT2D eigenvalue weighted by Gasteiger charge is 2.63. The molecule has 0 aromatic heterocycles. The summed E-state index contributed by atoms with van der Waals surface area (Å²) in [6.07, 6.45) is -10.5. The molecule has 1 aromatic carbocycles. The first-order valence-electron chi connectivity index (χ1n) is 29.5.